The first-order valence-electron chi connectivity index (χ1n) is 12.6. The number of carbonyl (C=O) groups is 1. The Morgan fingerprint density at radius 2 is 2.03 bits per heavy atom. The lowest BCUT2D eigenvalue weighted by atomic mass is 9.94. The van der Waals surface area contributed by atoms with E-state index in [2.05, 4.69) is 16.9 Å². The Morgan fingerprint density at radius 3 is 2.64 bits per heavy atom. The van der Waals surface area contributed by atoms with Gasteiger partial charge in [0, 0.05) is 0 Å². The predicted octanol–water partition coefficient (Wildman–Crippen LogP) is 0.822. The number of H-pyrrole nitrogens is 1. The Kier molecular flexibility index (Phi) is 8.56. The van der Waals surface area contributed by atoms with Gasteiger partial charge in [-0.1, -0.05) is 24.1 Å². The van der Waals surface area contributed by atoms with Crippen LogP contribution in [0.3, 0.4) is 0 Å². The van der Waals surface area contributed by atoms with Crippen LogP contribution in [0.4, 0.5) is 4.39 Å². The number of nitrogens with one attached hydrogen (secondary N) is 2. The molecule has 1 saturated heterocycles. The zero-order valence-electron chi connectivity index (χ0n) is 23.3. The summed E-state index contributed by atoms with van der Waals surface area (Å²) in [6.07, 6.45) is -6.77. The molecule has 1 aromatic carbocycles. The molecule has 1 aliphatic rings. The van der Waals surface area contributed by atoms with Crippen molar-refractivity contribution in [3.8, 4) is 17.6 Å². The normalized spacial score (nSPS) is 26.0. The number of aliphatic hydroxyl groups is 2. The summed E-state index contributed by atoms with van der Waals surface area (Å²) in [5.74, 6) is 2.13. The Labute approximate surface area is 225 Å². The first kappa shape index (κ1) is 27.3. The van der Waals surface area contributed by atoms with Gasteiger partial charge in [-0.2, -0.15) is 9.48 Å². The Morgan fingerprint density at radius 1 is 1.36 bits per heavy atom. The molecule has 2 heterocycles. The number of benzene rings is 1. The molecule has 0 amide bonds. The van der Waals surface area contributed by atoms with Crippen LogP contribution in [-0.4, -0.2) is 62.2 Å². The molecule has 3 rings (SSSR count). The molecule has 15 heteroatoms. The molecule has 0 aliphatic carbocycles. The number of ether oxygens (including phenoxy) is 2. The Bertz CT molecular complexity index is 1490. The molecule has 6 atom stereocenters. The lowest BCUT2D eigenvalue weighted by Gasteiger charge is -2.26. The number of hydrogen-bond acceptors (Lipinski definition) is 10. The summed E-state index contributed by atoms with van der Waals surface area (Å²) < 4.78 is 66.4. The van der Waals surface area contributed by atoms with Crippen molar-refractivity contribution in [1.29, 1.82) is 0 Å². The summed E-state index contributed by atoms with van der Waals surface area (Å²) in [5.41, 5.74) is -5.40. The second kappa shape index (κ2) is 12.3. The lowest BCUT2D eigenvalue weighted by molar-refractivity contribution is -0.149. The van der Waals surface area contributed by atoms with E-state index in [0.717, 1.165) is 0 Å². The maximum atomic E-state index is 14.0. The number of aliphatic hydroxyl groups excluding tert-OH is 1. The smallest absolute Gasteiger partial charge is 0.459 e. The topological polar surface area (TPSA) is 178 Å². The van der Waals surface area contributed by atoms with Crippen LogP contribution >= 0.6 is 7.75 Å². The van der Waals surface area contributed by atoms with Crippen molar-refractivity contribution in [2.75, 3.05) is 6.56 Å². The molecular formula is C24H29FN3O10P. The molecule has 39 heavy (non-hydrogen) atoms. The Hall–Kier alpha value is -3.31. The molecule has 4 N–H and O–H groups in total. The molecule has 2 aromatic rings. The molecule has 13 nitrogen and oxygen atoms in total. The van der Waals surface area contributed by atoms with Crippen molar-refractivity contribution < 1.29 is 45.2 Å². The highest BCUT2D eigenvalue weighted by atomic mass is 31.2. The third kappa shape index (κ3) is 7.02. The van der Waals surface area contributed by atoms with Gasteiger partial charge < -0.3 is 24.2 Å². The van der Waals surface area contributed by atoms with Gasteiger partial charge in [-0.15, -0.1) is 5.92 Å². The predicted molar refractivity (Wildman–Crippen MR) is 134 cm³/mol. The van der Waals surface area contributed by atoms with Crippen molar-refractivity contribution in [1.82, 2.24) is 14.6 Å². The van der Waals surface area contributed by atoms with E-state index in [1.807, 2.05) is 0 Å². The van der Waals surface area contributed by atoms with Gasteiger partial charge in [0.15, 0.2) is 11.8 Å². The maximum Gasteiger partial charge on any atom is 0.459 e. The molecule has 1 aromatic heterocycles. The number of aromatic nitrogens is 2. The summed E-state index contributed by atoms with van der Waals surface area (Å²) in [4.78, 5) is 37.9. The number of para-hydroxylation sites is 1. The van der Waals surface area contributed by atoms with Gasteiger partial charge in [0.05, 0.1) is 21.6 Å². The van der Waals surface area contributed by atoms with E-state index in [-0.39, 0.29) is 5.75 Å². The Balaban J connectivity index is 2.01. The van der Waals surface area contributed by atoms with Crippen LogP contribution in [0.2, 0.25) is 0 Å². The van der Waals surface area contributed by atoms with Gasteiger partial charge in [-0.25, -0.2) is 9.36 Å². The minimum absolute atomic E-state index is 0.0575. The minimum Gasteiger partial charge on any atom is -0.462 e. The lowest BCUT2D eigenvalue weighted by Crippen LogP contribution is -2.48. The van der Waals surface area contributed by atoms with Gasteiger partial charge >= 0.3 is 19.4 Å². The summed E-state index contributed by atoms with van der Waals surface area (Å²) in [6, 6.07) is 6.04. The molecule has 0 spiro atoms. The second-order valence-corrected chi connectivity index (χ2v) is 10.3. The van der Waals surface area contributed by atoms with E-state index in [4.69, 9.17) is 21.3 Å². The van der Waals surface area contributed by atoms with E-state index in [1.165, 1.54) is 38.1 Å². The summed E-state index contributed by atoms with van der Waals surface area (Å²) in [6.45, 7) is 2.36. The molecule has 1 fully saturated rings. The van der Waals surface area contributed by atoms with E-state index in [0.29, 0.717) is 10.8 Å². The van der Waals surface area contributed by atoms with Crippen LogP contribution in [0.25, 0.3) is 0 Å². The zero-order chi connectivity index (χ0) is 30.8. The number of halogens is 1. The van der Waals surface area contributed by atoms with Crippen molar-refractivity contribution in [2.24, 2.45) is 0 Å². The number of rotatable bonds is 10. The summed E-state index contributed by atoms with van der Waals surface area (Å²) >= 11 is 0. The average molecular weight is 571 g/mol. The van der Waals surface area contributed by atoms with Gasteiger partial charge in [0.1, 0.15) is 24.0 Å². The molecule has 1 aliphatic heterocycles. The number of hydrogen-bond donors (Lipinski definition) is 4. The molecule has 212 valence electrons. The fourth-order valence-electron chi connectivity index (χ4n) is 3.47. The second-order valence-electron chi connectivity index (χ2n) is 8.65. The maximum absolute atomic E-state index is 14.0. The number of esters is 1. The monoisotopic (exact) mass is 571 g/mol. The van der Waals surface area contributed by atoms with Crippen LogP contribution in [0.1, 0.15) is 36.7 Å². The van der Waals surface area contributed by atoms with Crippen molar-refractivity contribution in [3.63, 3.8) is 0 Å². The molecule has 1 unspecified atom stereocenters. The van der Waals surface area contributed by atoms with Crippen molar-refractivity contribution in [3.05, 3.63) is 63.2 Å². The number of aromatic amines is 1. The summed E-state index contributed by atoms with van der Waals surface area (Å²) in [5, 5.41) is 24.5. The van der Waals surface area contributed by atoms with Crippen molar-refractivity contribution in [2.45, 2.75) is 63.9 Å². The van der Waals surface area contributed by atoms with E-state index >= 15 is 0 Å². The van der Waals surface area contributed by atoms with Gasteiger partial charge in [0.25, 0.3) is 5.56 Å². The SMILES string of the molecule is [2H]C([2H])(O[P@@](=O)(N[C@@H](C)C(=O)OC(C)C)Oc1ccccc1)[C@H]1O[C@@H](n2cc(F)c(=O)[nH]c2=O)C(O)(C#CC)[C@H]1O. The fraction of sp³-hybridized carbons (Fsp3) is 0.458. The zero-order valence-corrected chi connectivity index (χ0v) is 22.2. The molecule has 0 saturated carbocycles. The quantitative estimate of drug-likeness (QED) is 0.180. The number of carbonyl (C=O) groups excluding carboxylic acids is 1. The third-order valence-electron chi connectivity index (χ3n) is 5.21. The van der Waals surface area contributed by atoms with Crippen LogP contribution < -0.4 is 20.9 Å². The first-order valence-corrected chi connectivity index (χ1v) is 13.1. The molecular weight excluding hydrogens is 540 g/mol. The van der Waals surface area contributed by atoms with Gasteiger partial charge in [-0.3, -0.25) is 23.7 Å². The highest BCUT2D eigenvalue weighted by molar-refractivity contribution is 7.52. The molecule has 0 radical (unpaired) electrons. The van der Waals surface area contributed by atoms with E-state index in [9.17, 15) is 33.6 Å². The van der Waals surface area contributed by atoms with Crippen LogP contribution in [0, 0.1) is 17.7 Å². The van der Waals surface area contributed by atoms with Gasteiger partial charge in [-0.05, 0) is 39.8 Å². The van der Waals surface area contributed by atoms with Gasteiger partial charge in [0.2, 0.25) is 5.82 Å². The number of nitrogens with zero attached hydrogens (tertiary/aromatic N) is 1. The highest BCUT2D eigenvalue weighted by Gasteiger charge is 2.56. The average Bonchev–Trinajstić information content (AvgIpc) is 3.12. The van der Waals surface area contributed by atoms with Crippen LogP contribution in [-0.2, 0) is 23.4 Å². The summed E-state index contributed by atoms with van der Waals surface area (Å²) in [7, 11) is -4.88. The fourth-order valence-corrected chi connectivity index (χ4v) is 4.84. The first-order chi connectivity index (χ1) is 19.0. The highest BCUT2D eigenvalue weighted by Crippen LogP contribution is 2.47. The third-order valence-corrected chi connectivity index (χ3v) is 6.71. The van der Waals surface area contributed by atoms with E-state index in [1.54, 1.807) is 24.9 Å². The van der Waals surface area contributed by atoms with Crippen molar-refractivity contribution >= 4 is 13.7 Å². The van der Waals surface area contributed by atoms with E-state index < -0.39 is 73.5 Å². The largest absolute Gasteiger partial charge is 0.462 e. The van der Waals surface area contributed by atoms with Crippen LogP contribution in [0.5, 0.6) is 5.75 Å². The van der Waals surface area contributed by atoms with Crippen LogP contribution in [0.15, 0.2) is 46.1 Å². The minimum atomic E-state index is -4.88. The standard InChI is InChI=1S/C24H29FN3O10P/c1-5-11-24(33)19(29)18(37-22(24)28-12-17(25)20(30)26-23(28)32)13-35-39(34,38-16-9-7-6-8-10-16)27-15(4)21(31)36-14(2)3/h6-10,12,14-15,18-19,22,29,33H,13H2,1-4H3,(H,27,34)(H,26,30,32)/t15-,18+,19-,22+,24?,39-/m0/s1/i13D2. The molecule has 0 bridgehead atoms.